The molecule has 0 spiro atoms. The molecule has 0 amide bonds. The van der Waals surface area contributed by atoms with Crippen LogP contribution in [0.4, 0.5) is 5.13 Å². The highest BCUT2D eigenvalue weighted by molar-refractivity contribution is 7.14. The summed E-state index contributed by atoms with van der Waals surface area (Å²) in [5.74, 6) is 1.61. The smallest absolute Gasteiger partial charge is 0.203 e. The molecule has 0 radical (unpaired) electrons. The molecule has 5 heteroatoms. The van der Waals surface area contributed by atoms with Crippen LogP contribution in [0.5, 0.6) is 5.75 Å². The quantitative estimate of drug-likeness (QED) is 0.825. The molecule has 22 heavy (non-hydrogen) atoms. The second-order valence-corrected chi connectivity index (χ2v) is 6.62. The summed E-state index contributed by atoms with van der Waals surface area (Å²) in [7, 11) is 1.67. The number of rotatable bonds is 4. The lowest BCUT2D eigenvalue weighted by Gasteiger charge is -2.18. The van der Waals surface area contributed by atoms with Crippen LogP contribution in [0.15, 0.2) is 34.7 Å². The van der Waals surface area contributed by atoms with Gasteiger partial charge < -0.3 is 4.74 Å². The van der Waals surface area contributed by atoms with Crippen LogP contribution in [0.1, 0.15) is 32.6 Å². The van der Waals surface area contributed by atoms with Crippen LogP contribution < -0.4 is 10.2 Å². The van der Waals surface area contributed by atoms with Gasteiger partial charge >= 0.3 is 0 Å². The summed E-state index contributed by atoms with van der Waals surface area (Å²) in [6, 6.07) is 7.94. The molecule has 1 N–H and O–H groups in total. The zero-order valence-corrected chi connectivity index (χ0v) is 13.8. The van der Waals surface area contributed by atoms with Gasteiger partial charge in [-0.3, -0.25) is 5.43 Å². The number of aromatic nitrogens is 1. The molecule has 1 atom stereocenters. The standard InChI is InChI=1S/C17H21N3OS/c1-12-4-3-5-14(10-12)19-20-17-18-16(11-22-17)13-6-8-15(21-2)9-7-13/h6-9,11-12H,3-5,10H2,1-2H3,(H,18,20)/b19-14-. The second-order valence-electron chi connectivity index (χ2n) is 5.76. The third-order valence-corrected chi connectivity index (χ3v) is 4.69. The Morgan fingerprint density at radius 2 is 2.14 bits per heavy atom. The molecule has 1 fully saturated rings. The Hall–Kier alpha value is -1.88. The Balaban J connectivity index is 1.66. The molecular weight excluding hydrogens is 294 g/mol. The van der Waals surface area contributed by atoms with E-state index in [0.717, 1.165) is 40.9 Å². The number of anilines is 1. The Labute approximate surface area is 135 Å². The largest absolute Gasteiger partial charge is 0.497 e. The molecule has 1 aromatic carbocycles. The number of hydrazone groups is 1. The van der Waals surface area contributed by atoms with Crippen molar-refractivity contribution in [2.75, 3.05) is 12.5 Å². The van der Waals surface area contributed by atoms with Gasteiger partial charge in [0, 0.05) is 16.7 Å². The lowest BCUT2D eigenvalue weighted by Crippen LogP contribution is -2.13. The maximum absolute atomic E-state index is 5.18. The van der Waals surface area contributed by atoms with Gasteiger partial charge in [0.25, 0.3) is 0 Å². The minimum Gasteiger partial charge on any atom is -0.497 e. The van der Waals surface area contributed by atoms with E-state index in [2.05, 4.69) is 22.4 Å². The molecule has 1 unspecified atom stereocenters. The van der Waals surface area contributed by atoms with Gasteiger partial charge in [-0.2, -0.15) is 5.10 Å². The van der Waals surface area contributed by atoms with Crippen molar-refractivity contribution in [2.45, 2.75) is 32.6 Å². The van der Waals surface area contributed by atoms with E-state index < -0.39 is 0 Å². The molecule has 1 saturated carbocycles. The molecule has 4 nitrogen and oxygen atoms in total. The first kappa shape index (κ1) is 15.0. The fraction of sp³-hybridized carbons (Fsp3) is 0.412. The van der Waals surface area contributed by atoms with E-state index >= 15 is 0 Å². The first-order chi connectivity index (χ1) is 10.7. The van der Waals surface area contributed by atoms with E-state index in [-0.39, 0.29) is 0 Å². The van der Waals surface area contributed by atoms with Gasteiger partial charge in [-0.05, 0) is 55.9 Å². The van der Waals surface area contributed by atoms with Gasteiger partial charge in [0.2, 0.25) is 5.13 Å². The number of thiazole rings is 1. The number of hydrogen-bond donors (Lipinski definition) is 1. The van der Waals surface area contributed by atoms with E-state index in [9.17, 15) is 0 Å². The summed E-state index contributed by atoms with van der Waals surface area (Å²) >= 11 is 1.58. The molecule has 1 aromatic heterocycles. The second kappa shape index (κ2) is 6.92. The molecule has 0 bridgehead atoms. The fourth-order valence-electron chi connectivity index (χ4n) is 2.71. The van der Waals surface area contributed by atoms with Crippen LogP contribution in [0.2, 0.25) is 0 Å². The third kappa shape index (κ3) is 3.65. The van der Waals surface area contributed by atoms with Crippen molar-refractivity contribution in [2.24, 2.45) is 11.0 Å². The molecule has 0 saturated heterocycles. The third-order valence-electron chi connectivity index (χ3n) is 3.95. The monoisotopic (exact) mass is 315 g/mol. The fourth-order valence-corrected chi connectivity index (χ4v) is 3.37. The summed E-state index contributed by atoms with van der Waals surface area (Å²) in [5, 5.41) is 7.43. The number of hydrogen-bond acceptors (Lipinski definition) is 5. The number of benzene rings is 1. The van der Waals surface area contributed by atoms with Crippen molar-refractivity contribution in [1.29, 1.82) is 0 Å². The summed E-state index contributed by atoms with van der Waals surface area (Å²) < 4.78 is 5.18. The Kier molecular flexibility index (Phi) is 4.73. The van der Waals surface area contributed by atoms with E-state index in [4.69, 9.17) is 4.74 Å². The van der Waals surface area contributed by atoms with Crippen molar-refractivity contribution in [3.05, 3.63) is 29.6 Å². The average Bonchev–Trinajstić information content (AvgIpc) is 3.02. The number of ether oxygens (including phenoxy) is 1. The van der Waals surface area contributed by atoms with E-state index in [1.54, 1.807) is 18.4 Å². The number of methoxy groups -OCH3 is 1. The maximum atomic E-state index is 5.18. The Morgan fingerprint density at radius 1 is 1.32 bits per heavy atom. The van der Waals surface area contributed by atoms with Gasteiger partial charge in [0.15, 0.2) is 0 Å². The molecule has 1 heterocycles. The Bertz CT molecular complexity index is 648. The van der Waals surface area contributed by atoms with Crippen molar-refractivity contribution in [3.63, 3.8) is 0 Å². The molecule has 0 aliphatic heterocycles. The lowest BCUT2D eigenvalue weighted by molar-refractivity contribution is 0.415. The normalized spacial score (nSPS) is 20.1. The molecule has 3 rings (SSSR count). The van der Waals surface area contributed by atoms with Crippen LogP contribution in [0.3, 0.4) is 0 Å². The zero-order chi connectivity index (χ0) is 15.4. The average molecular weight is 315 g/mol. The van der Waals surface area contributed by atoms with Crippen LogP contribution in [-0.2, 0) is 0 Å². The van der Waals surface area contributed by atoms with Gasteiger partial charge in [0.05, 0.1) is 12.8 Å². The van der Waals surface area contributed by atoms with E-state index in [1.165, 1.54) is 18.6 Å². The van der Waals surface area contributed by atoms with Crippen molar-refractivity contribution >= 4 is 22.2 Å². The Morgan fingerprint density at radius 3 is 2.86 bits per heavy atom. The highest BCUT2D eigenvalue weighted by Gasteiger charge is 2.14. The minimum atomic E-state index is 0.750. The molecule has 1 aliphatic carbocycles. The van der Waals surface area contributed by atoms with Crippen LogP contribution >= 0.6 is 11.3 Å². The first-order valence-electron chi connectivity index (χ1n) is 7.66. The minimum absolute atomic E-state index is 0.750. The molecule has 1 aliphatic rings. The SMILES string of the molecule is COc1ccc(-c2csc(N/N=C3/CCCC(C)C3)n2)cc1. The van der Waals surface area contributed by atoms with Gasteiger partial charge in [-0.15, -0.1) is 11.3 Å². The summed E-state index contributed by atoms with van der Waals surface area (Å²) in [6.45, 7) is 2.29. The predicted octanol–water partition coefficient (Wildman–Crippen LogP) is 4.80. The summed E-state index contributed by atoms with van der Waals surface area (Å²) in [6.07, 6.45) is 4.77. The van der Waals surface area contributed by atoms with Crippen molar-refractivity contribution in [1.82, 2.24) is 4.98 Å². The van der Waals surface area contributed by atoms with Crippen molar-refractivity contribution < 1.29 is 4.74 Å². The predicted molar refractivity (Wildman–Crippen MR) is 92.8 cm³/mol. The first-order valence-corrected chi connectivity index (χ1v) is 8.54. The van der Waals surface area contributed by atoms with E-state index in [1.807, 2.05) is 29.6 Å². The lowest BCUT2D eigenvalue weighted by atomic mass is 9.89. The number of nitrogens with one attached hydrogen (secondary N) is 1. The van der Waals surface area contributed by atoms with E-state index in [0.29, 0.717) is 0 Å². The topological polar surface area (TPSA) is 46.5 Å². The van der Waals surface area contributed by atoms with Gasteiger partial charge in [-0.25, -0.2) is 4.98 Å². The maximum Gasteiger partial charge on any atom is 0.203 e. The molecule has 2 aromatic rings. The van der Waals surface area contributed by atoms with Gasteiger partial charge in [0.1, 0.15) is 5.75 Å². The van der Waals surface area contributed by atoms with Crippen LogP contribution in [0, 0.1) is 5.92 Å². The summed E-state index contributed by atoms with van der Waals surface area (Å²) in [4.78, 5) is 4.60. The van der Waals surface area contributed by atoms with Crippen molar-refractivity contribution in [3.8, 4) is 17.0 Å². The van der Waals surface area contributed by atoms with Crippen LogP contribution in [-0.4, -0.2) is 17.8 Å². The summed E-state index contributed by atoms with van der Waals surface area (Å²) in [5.41, 5.74) is 6.43. The van der Waals surface area contributed by atoms with Crippen LogP contribution in [0.25, 0.3) is 11.3 Å². The highest BCUT2D eigenvalue weighted by atomic mass is 32.1. The highest BCUT2D eigenvalue weighted by Crippen LogP contribution is 2.27. The zero-order valence-electron chi connectivity index (χ0n) is 13.0. The van der Waals surface area contributed by atoms with Gasteiger partial charge in [-0.1, -0.05) is 6.92 Å². The molecule has 116 valence electrons. The molecular formula is C17H21N3OS. The number of nitrogens with zero attached hydrogens (tertiary/aromatic N) is 2.